The van der Waals surface area contributed by atoms with Crippen molar-refractivity contribution in [3.63, 3.8) is 0 Å². The van der Waals surface area contributed by atoms with Crippen LogP contribution in [-0.2, 0) is 0 Å². The third-order valence-electron chi connectivity index (χ3n) is 4.29. The summed E-state index contributed by atoms with van der Waals surface area (Å²) in [6.07, 6.45) is 3.51. The normalized spacial score (nSPS) is 16.6. The van der Waals surface area contributed by atoms with E-state index in [0.717, 1.165) is 25.9 Å². The molecule has 2 aromatic rings. The molecule has 25 heavy (non-hydrogen) atoms. The van der Waals surface area contributed by atoms with E-state index in [1.165, 1.54) is 12.1 Å². The van der Waals surface area contributed by atoms with E-state index in [0.29, 0.717) is 5.56 Å². The summed E-state index contributed by atoms with van der Waals surface area (Å²) < 4.78 is 15.4. The summed E-state index contributed by atoms with van der Waals surface area (Å²) in [6, 6.07) is 2.26. The van der Waals surface area contributed by atoms with Gasteiger partial charge in [-0.2, -0.15) is 0 Å². The zero-order chi connectivity index (χ0) is 18.0. The average molecular weight is 386 g/mol. The molecule has 134 valence electrons. The minimum absolute atomic E-state index is 0.0985. The lowest BCUT2D eigenvalue weighted by molar-refractivity contribution is 0.0934. The summed E-state index contributed by atoms with van der Waals surface area (Å²) >= 11 is 12.1. The van der Waals surface area contributed by atoms with Gasteiger partial charge in [-0.15, -0.1) is 5.10 Å². The third-order valence-corrected chi connectivity index (χ3v) is 5.00. The average Bonchev–Trinajstić information content (AvgIpc) is 3.09. The highest BCUT2D eigenvalue weighted by molar-refractivity contribution is 6.36. The van der Waals surface area contributed by atoms with Crippen LogP contribution in [0.5, 0.6) is 0 Å². The Bertz CT molecular complexity index is 776. The number of hydrogen-bond acceptors (Lipinski definition) is 4. The van der Waals surface area contributed by atoms with Crippen molar-refractivity contribution in [1.29, 1.82) is 0 Å². The van der Waals surface area contributed by atoms with Crippen molar-refractivity contribution < 1.29 is 9.18 Å². The zero-order valence-corrected chi connectivity index (χ0v) is 15.1. The van der Waals surface area contributed by atoms with E-state index < -0.39 is 17.8 Å². The highest BCUT2D eigenvalue weighted by atomic mass is 35.5. The summed E-state index contributed by atoms with van der Waals surface area (Å²) in [5, 5.41) is 14.2. The number of piperidine rings is 1. The van der Waals surface area contributed by atoms with Gasteiger partial charge in [-0.1, -0.05) is 28.4 Å². The number of nitrogens with one attached hydrogen (secondary N) is 2. The Morgan fingerprint density at radius 2 is 2.12 bits per heavy atom. The van der Waals surface area contributed by atoms with Crippen LogP contribution in [0.3, 0.4) is 0 Å². The number of nitrogens with zero attached hydrogens (tertiary/aromatic N) is 3. The lowest BCUT2D eigenvalue weighted by Crippen LogP contribution is -2.29. The first-order valence-electron chi connectivity index (χ1n) is 8.04. The largest absolute Gasteiger partial charge is 0.344 e. The molecule has 0 saturated carbocycles. The lowest BCUT2D eigenvalue weighted by atomic mass is 10.1. The van der Waals surface area contributed by atoms with E-state index in [-0.39, 0.29) is 21.8 Å². The zero-order valence-electron chi connectivity index (χ0n) is 13.6. The topological polar surface area (TPSA) is 71.8 Å². The quantitative estimate of drug-likeness (QED) is 0.792. The molecule has 0 spiro atoms. The molecule has 1 aromatic carbocycles. The minimum Gasteiger partial charge on any atom is -0.344 e. The first-order chi connectivity index (χ1) is 12.0. The molecule has 1 aliphatic heterocycles. The van der Waals surface area contributed by atoms with Crippen LogP contribution in [0.25, 0.3) is 0 Å². The minimum atomic E-state index is -0.584. The van der Waals surface area contributed by atoms with Crippen LogP contribution in [0, 0.1) is 5.82 Å². The van der Waals surface area contributed by atoms with E-state index in [1.54, 1.807) is 17.8 Å². The van der Waals surface area contributed by atoms with E-state index in [2.05, 4.69) is 20.9 Å². The molecule has 6 nitrogen and oxygen atoms in total. The number of carbonyl (C=O) groups is 1. The van der Waals surface area contributed by atoms with Crippen LogP contribution < -0.4 is 10.6 Å². The predicted molar refractivity (Wildman–Crippen MR) is 93.5 cm³/mol. The maximum Gasteiger partial charge on any atom is 0.273 e. The number of benzene rings is 1. The molecule has 1 aromatic heterocycles. The van der Waals surface area contributed by atoms with E-state index in [1.807, 2.05) is 0 Å². The molecule has 1 fully saturated rings. The van der Waals surface area contributed by atoms with Gasteiger partial charge in [0.2, 0.25) is 0 Å². The maximum atomic E-state index is 13.7. The second-order valence-electron chi connectivity index (χ2n) is 6.02. The third kappa shape index (κ3) is 3.94. The molecule has 1 atom stereocenters. The smallest absolute Gasteiger partial charge is 0.273 e. The van der Waals surface area contributed by atoms with Gasteiger partial charge < -0.3 is 10.6 Å². The Balaban J connectivity index is 1.72. The van der Waals surface area contributed by atoms with Gasteiger partial charge in [0.25, 0.3) is 5.91 Å². The SMILES string of the molecule is C[C@H](NC(=O)c1cn(C2CCNCC2)nn1)c1c(Cl)ccc(F)c1Cl. The molecular weight excluding hydrogens is 368 g/mol. The monoisotopic (exact) mass is 385 g/mol. The van der Waals surface area contributed by atoms with Gasteiger partial charge in [0.15, 0.2) is 5.69 Å². The number of halogens is 3. The predicted octanol–water partition coefficient (Wildman–Crippen LogP) is 3.14. The van der Waals surface area contributed by atoms with Gasteiger partial charge in [-0.25, -0.2) is 9.07 Å². The molecular formula is C16H18Cl2FN5O. The highest BCUT2D eigenvalue weighted by Gasteiger charge is 2.22. The summed E-state index contributed by atoms with van der Waals surface area (Å²) in [6.45, 7) is 3.51. The van der Waals surface area contributed by atoms with Crippen molar-refractivity contribution in [3.8, 4) is 0 Å². The summed E-state index contributed by atoms with van der Waals surface area (Å²) in [7, 11) is 0. The van der Waals surface area contributed by atoms with E-state index in [9.17, 15) is 9.18 Å². The van der Waals surface area contributed by atoms with Crippen molar-refractivity contribution in [2.45, 2.75) is 31.8 Å². The van der Waals surface area contributed by atoms with Crippen LogP contribution in [-0.4, -0.2) is 34.0 Å². The van der Waals surface area contributed by atoms with Gasteiger partial charge >= 0.3 is 0 Å². The Morgan fingerprint density at radius 3 is 2.84 bits per heavy atom. The fraction of sp³-hybridized carbons (Fsp3) is 0.438. The second kappa shape index (κ2) is 7.68. The molecule has 2 heterocycles. The number of amides is 1. The Morgan fingerprint density at radius 1 is 1.40 bits per heavy atom. The molecule has 3 rings (SSSR count). The van der Waals surface area contributed by atoms with E-state index in [4.69, 9.17) is 23.2 Å². The lowest BCUT2D eigenvalue weighted by Gasteiger charge is -2.22. The number of carbonyl (C=O) groups excluding carboxylic acids is 1. The summed E-state index contributed by atoms with van der Waals surface area (Å²) in [5.74, 6) is -0.997. The first-order valence-corrected chi connectivity index (χ1v) is 8.79. The Labute approximate surface area is 154 Å². The highest BCUT2D eigenvalue weighted by Crippen LogP contribution is 2.32. The van der Waals surface area contributed by atoms with Gasteiger partial charge in [0.1, 0.15) is 5.82 Å². The standard InChI is InChI=1S/C16H18Cl2FN5O/c1-9(14-11(17)2-3-12(19)15(14)18)21-16(25)13-8-24(23-22-13)10-4-6-20-7-5-10/h2-3,8-10,20H,4-7H2,1H3,(H,21,25)/t9-/m0/s1. The van der Waals surface area contributed by atoms with Crippen LogP contribution in [0.2, 0.25) is 10.0 Å². The molecule has 9 heteroatoms. The van der Waals surface area contributed by atoms with Crippen LogP contribution in [0.1, 0.15) is 47.9 Å². The summed E-state index contributed by atoms with van der Waals surface area (Å²) in [4.78, 5) is 12.4. The molecule has 0 bridgehead atoms. The maximum absolute atomic E-state index is 13.7. The molecule has 2 N–H and O–H groups in total. The van der Waals surface area contributed by atoms with Crippen molar-refractivity contribution in [2.75, 3.05) is 13.1 Å². The van der Waals surface area contributed by atoms with Crippen LogP contribution in [0.4, 0.5) is 4.39 Å². The molecule has 1 saturated heterocycles. The molecule has 0 radical (unpaired) electrons. The van der Waals surface area contributed by atoms with Crippen molar-refractivity contribution in [3.05, 3.63) is 45.4 Å². The fourth-order valence-corrected chi connectivity index (χ4v) is 3.61. The van der Waals surface area contributed by atoms with Crippen molar-refractivity contribution in [1.82, 2.24) is 25.6 Å². The molecule has 0 aliphatic carbocycles. The molecule has 0 unspecified atom stereocenters. The second-order valence-corrected chi connectivity index (χ2v) is 6.80. The summed E-state index contributed by atoms with van der Waals surface area (Å²) in [5.41, 5.74) is 0.538. The van der Waals surface area contributed by atoms with Crippen LogP contribution >= 0.6 is 23.2 Å². The van der Waals surface area contributed by atoms with Crippen molar-refractivity contribution >= 4 is 29.1 Å². The van der Waals surface area contributed by atoms with Gasteiger partial charge in [-0.05, 0) is 45.0 Å². The van der Waals surface area contributed by atoms with Gasteiger partial charge in [0, 0.05) is 10.6 Å². The van der Waals surface area contributed by atoms with Crippen LogP contribution in [0.15, 0.2) is 18.3 Å². The Hall–Kier alpha value is -1.70. The van der Waals surface area contributed by atoms with Crippen molar-refractivity contribution in [2.24, 2.45) is 0 Å². The van der Waals surface area contributed by atoms with E-state index >= 15 is 0 Å². The van der Waals surface area contributed by atoms with Gasteiger partial charge in [0.05, 0.1) is 23.3 Å². The number of rotatable bonds is 4. The molecule has 1 aliphatic rings. The fourth-order valence-electron chi connectivity index (χ4n) is 2.91. The number of hydrogen-bond donors (Lipinski definition) is 2. The molecule has 1 amide bonds. The number of aromatic nitrogens is 3. The first kappa shape index (κ1) is 18.1. The van der Waals surface area contributed by atoms with Gasteiger partial charge in [-0.3, -0.25) is 4.79 Å². The Kier molecular flexibility index (Phi) is 5.56.